The third kappa shape index (κ3) is 19.8. The Labute approximate surface area is 95.2 Å². The monoisotopic (exact) mass is 218 g/mol. The molecule has 1 fully saturated rings. The summed E-state index contributed by atoms with van der Waals surface area (Å²) in [6, 6.07) is 0. The standard InChI is InChI=1S/C6H12O.C6H12.2H3N/c1-5(2)4-6(3)7;1-2-4-6-5-3-1;;/h5H,4H2,1-3H3;1-6H2;2*1H3. The smallest absolute Gasteiger partial charge is 0.130 e. The molecule has 94 valence electrons. The van der Waals surface area contributed by atoms with Gasteiger partial charge in [-0.2, -0.15) is 0 Å². The molecule has 0 heterocycles. The highest BCUT2D eigenvalue weighted by atomic mass is 16.1. The van der Waals surface area contributed by atoms with Crippen molar-refractivity contribution < 1.29 is 4.79 Å². The molecule has 0 aromatic heterocycles. The maximum absolute atomic E-state index is 10.3. The molecule has 0 spiro atoms. The van der Waals surface area contributed by atoms with Crippen molar-refractivity contribution >= 4 is 5.78 Å². The van der Waals surface area contributed by atoms with Crippen molar-refractivity contribution in [1.82, 2.24) is 12.3 Å². The zero-order valence-electron chi connectivity index (χ0n) is 10.8. The van der Waals surface area contributed by atoms with Gasteiger partial charge in [0.2, 0.25) is 0 Å². The molecule has 0 aromatic rings. The fourth-order valence-electron chi connectivity index (χ4n) is 1.64. The average molecular weight is 218 g/mol. The molecule has 1 rings (SSSR count). The Morgan fingerprint density at radius 2 is 1.20 bits per heavy atom. The second-order valence-electron chi connectivity index (χ2n) is 4.42. The normalized spacial score (nSPS) is 14.1. The number of hydrogen-bond acceptors (Lipinski definition) is 3. The minimum absolute atomic E-state index is 0. The van der Waals surface area contributed by atoms with E-state index in [1.807, 2.05) is 13.8 Å². The van der Waals surface area contributed by atoms with Gasteiger partial charge in [-0.25, -0.2) is 0 Å². The van der Waals surface area contributed by atoms with E-state index >= 15 is 0 Å². The highest BCUT2D eigenvalue weighted by Crippen LogP contribution is 2.15. The molecule has 15 heavy (non-hydrogen) atoms. The lowest BCUT2D eigenvalue weighted by Gasteiger charge is -2.05. The van der Waals surface area contributed by atoms with Crippen LogP contribution in [-0.2, 0) is 4.79 Å². The summed E-state index contributed by atoms with van der Waals surface area (Å²) >= 11 is 0. The van der Waals surface area contributed by atoms with Gasteiger partial charge in [0.1, 0.15) is 5.78 Å². The van der Waals surface area contributed by atoms with Gasteiger partial charge in [0.05, 0.1) is 0 Å². The fourth-order valence-corrected chi connectivity index (χ4v) is 1.64. The Bertz CT molecular complexity index is 120. The van der Waals surface area contributed by atoms with Crippen molar-refractivity contribution in [2.75, 3.05) is 0 Å². The molecule has 3 heteroatoms. The van der Waals surface area contributed by atoms with Gasteiger partial charge in [0, 0.05) is 6.42 Å². The fraction of sp³-hybridized carbons (Fsp3) is 0.917. The van der Waals surface area contributed by atoms with Crippen LogP contribution in [0.4, 0.5) is 0 Å². The zero-order chi connectivity index (χ0) is 10.1. The summed E-state index contributed by atoms with van der Waals surface area (Å²) in [4.78, 5) is 10.3. The summed E-state index contributed by atoms with van der Waals surface area (Å²) in [6.45, 7) is 5.71. The molecule has 6 N–H and O–H groups in total. The van der Waals surface area contributed by atoms with Crippen LogP contribution >= 0.6 is 0 Å². The van der Waals surface area contributed by atoms with Crippen LogP contribution < -0.4 is 12.3 Å². The quantitative estimate of drug-likeness (QED) is 0.724. The van der Waals surface area contributed by atoms with E-state index < -0.39 is 0 Å². The van der Waals surface area contributed by atoms with Crippen molar-refractivity contribution in [2.24, 2.45) is 5.92 Å². The molecule has 0 radical (unpaired) electrons. The van der Waals surface area contributed by atoms with Gasteiger partial charge in [0.25, 0.3) is 0 Å². The first-order chi connectivity index (χ1) is 6.13. The number of carbonyl (C=O) groups is 1. The molecule has 3 nitrogen and oxygen atoms in total. The van der Waals surface area contributed by atoms with Gasteiger partial charge < -0.3 is 17.1 Å². The lowest BCUT2D eigenvalue weighted by Crippen LogP contribution is -1.95. The Hall–Kier alpha value is -0.410. The maximum atomic E-state index is 10.3. The molecule has 0 aromatic carbocycles. The maximum Gasteiger partial charge on any atom is 0.130 e. The van der Waals surface area contributed by atoms with Crippen LogP contribution in [0.2, 0.25) is 0 Å². The molecule has 0 atom stereocenters. The van der Waals surface area contributed by atoms with Crippen molar-refractivity contribution in [1.29, 1.82) is 0 Å². The molecule has 1 aliphatic carbocycles. The van der Waals surface area contributed by atoms with Gasteiger partial charge in [0.15, 0.2) is 0 Å². The Morgan fingerprint density at radius 3 is 1.27 bits per heavy atom. The van der Waals surface area contributed by atoms with Gasteiger partial charge in [-0.3, -0.25) is 0 Å². The second-order valence-corrected chi connectivity index (χ2v) is 4.42. The summed E-state index contributed by atoms with van der Waals surface area (Å²) < 4.78 is 0. The van der Waals surface area contributed by atoms with E-state index in [1.54, 1.807) is 6.92 Å². The van der Waals surface area contributed by atoms with E-state index in [0.29, 0.717) is 5.92 Å². The van der Waals surface area contributed by atoms with Crippen LogP contribution in [0.5, 0.6) is 0 Å². The second kappa shape index (κ2) is 13.6. The Morgan fingerprint density at radius 1 is 0.933 bits per heavy atom. The van der Waals surface area contributed by atoms with Crippen LogP contribution in [0, 0.1) is 5.92 Å². The lowest BCUT2D eigenvalue weighted by atomic mass is 10.0. The number of ketones is 1. The van der Waals surface area contributed by atoms with E-state index in [4.69, 9.17) is 0 Å². The minimum Gasteiger partial charge on any atom is -0.344 e. The minimum atomic E-state index is 0. The van der Waals surface area contributed by atoms with Crippen molar-refractivity contribution in [3.8, 4) is 0 Å². The summed E-state index contributed by atoms with van der Waals surface area (Å²) in [5.41, 5.74) is 0. The molecule has 0 aliphatic heterocycles. The molecule has 0 unspecified atom stereocenters. The highest BCUT2D eigenvalue weighted by Gasteiger charge is 1.95. The highest BCUT2D eigenvalue weighted by molar-refractivity contribution is 5.75. The molecule has 1 saturated carbocycles. The first kappa shape index (κ1) is 20.1. The predicted molar refractivity (Wildman–Crippen MR) is 67.9 cm³/mol. The predicted octanol–water partition coefficient (Wildman–Crippen LogP) is 4.29. The van der Waals surface area contributed by atoms with Crippen LogP contribution in [-0.4, -0.2) is 5.78 Å². The van der Waals surface area contributed by atoms with E-state index in [2.05, 4.69) is 0 Å². The summed E-state index contributed by atoms with van der Waals surface area (Å²) in [5, 5.41) is 0. The molecule has 0 bridgehead atoms. The van der Waals surface area contributed by atoms with Crippen LogP contribution in [0.25, 0.3) is 0 Å². The van der Waals surface area contributed by atoms with E-state index in [-0.39, 0.29) is 18.1 Å². The van der Waals surface area contributed by atoms with Gasteiger partial charge >= 0.3 is 0 Å². The number of rotatable bonds is 2. The molecule has 0 amide bonds. The van der Waals surface area contributed by atoms with E-state index in [9.17, 15) is 4.79 Å². The molecule has 1 aliphatic rings. The van der Waals surface area contributed by atoms with Gasteiger partial charge in [-0.1, -0.05) is 52.4 Å². The third-order valence-electron chi connectivity index (χ3n) is 2.20. The van der Waals surface area contributed by atoms with Crippen molar-refractivity contribution in [3.05, 3.63) is 0 Å². The zero-order valence-corrected chi connectivity index (χ0v) is 10.8. The summed E-state index contributed by atoms with van der Waals surface area (Å²) in [6.07, 6.45) is 9.72. The van der Waals surface area contributed by atoms with E-state index in [1.165, 1.54) is 38.5 Å². The largest absolute Gasteiger partial charge is 0.344 e. The van der Waals surface area contributed by atoms with Crippen molar-refractivity contribution in [3.63, 3.8) is 0 Å². The molecule has 0 saturated heterocycles. The number of Topliss-reactive ketones (excluding diaryl/α,β-unsaturated/α-hetero) is 1. The SMILES string of the molecule is C1CCCCC1.CC(=O)CC(C)C.N.N. The van der Waals surface area contributed by atoms with Crippen LogP contribution in [0.1, 0.15) is 65.7 Å². The molecular formula is C12H30N2O. The Balaban J connectivity index is -0.000000170. The molecular weight excluding hydrogens is 188 g/mol. The lowest BCUT2D eigenvalue weighted by molar-refractivity contribution is -0.117. The average Bonchev–Trinajstić information content (AvgIpc) is 2.06. The summed E-state index contributed by atoms with van der Waals surface area (Å²) in [7, 11) is 0. The Kier molecular flexibility index (Phi) is 18.2. The van der Waals surface area contributed by atoms with Gasteiger partial charge in [-0.15, -0.1) is 0 Å². The number of carbonyl (C=O) groups excluding carboxylic acids is 1. The van der Waals surface area contributed by atoms with Crippen LogP contribution in [0.3, 0.4) is 0 Å². The first-order valence-electron chi connectivity index (χ1n) is 5.62. The topological polar surface area (TPSA) is 87.1 Å². The van der Waals surface area contributed by atoms with Crippen LogP contribution in [0.15, 0.2) is 0 Å². The van der Waals surface area contributed by atoms with Crippen molar-refractivity contribution in [2.45, 2.75) is 65.7 Å². The third-order valence-corrected chi connectivity index (χ3v) is 2.20. The van der Waals surface area contributed by atoms with Gasteiger partial charge in [-0.05, 0) is 12.8 Å². The number of hydrogen-bond donors (Lipinski definition) is 2. The van der Waals surface area contributed by atoms with E-state index in [0.717, 1.165) is 6.42 Å². The summed E-state index contributed by atoms with van der Waals surface area (Å²) in [5.74, 6) is 0.813. The first-order valence-corrected chi connectivity index (χ1v) is 5.62.